The molecule has 5 aliphatic rings. The molecule has 180 valence electrons. The SMILES string of the molecule is CC12CCC(O[N+](=O)[O-])CC1=CCC1C2CCC2(C)C1CCC2C1(C)OCC(C)(C)N1O. The van der Waals surface area contributed by atoms with Crippen LogP contribution < -0.4 is 0 Å². The summed E-state index contributed by atoms with van der Waals surface area (Å²) in [7, 11) is 0. The van der Waals surface area contributed by atoms with Gasteiger partial charge in [0.2, 0.25) is 0 Å². The van der Waals surface area contributed by atoms with Gasteiger partial charge in [0.25, 0.3) is 5.09 Å². The van der Waals surface area contributed by atoms with Crippen LogP contribution in [-0.2, 0) is 9.57 Å². The number of fused-ring (bicyclic) bond motifs is 5. The van der Waals surface area contributed by atoms with E-state index in [0.29, 0.717) is 36.7 Å². The van der Waals surface area contributed by atoms with E-state index >= 15 is 0 Å². The third-order valence-electron chi connectivity index (χ3n) is 10.7. The Labute approximate surface area is 191 Å². The molecular weight excluding hydrogens is 408 g/mol. The van der Waals surface area contributed by atoms with Gasteiger partial charge in [0.05, 0.1) is 12.1 Å². The highest BCUT2D eigenvalue weighted by atomic mass is 17.0. The molecule has 0 spiro atoms. The van der Waals surface area contributed by atoms with E-state index in [9.17, 15) is 15.3 Å². The number of allylic oxidation sites excluding steroid dienone is 1. The van der Waals surface area contributed by atoms with Gasteiger partial charge in [-0.3, -0.25) is 0 Å². The normalized spacial score (nSPS) is 50.2. The molecule has 1 aliphatic heterocycles. The number of nitrogens with zero attached hydrogens (tertiary/aromatic N) is 2. The lowest BCUT2D eigenvalue weighted by atomic mass is 9.47. The Kier molecular flexibility index (Phi) is 5.06. The van der Waals surface area contributed by atoms with Crippen LogP contribution in [0.3, 0.4) is 0 Å². The van der Waals surface area contributed by atoms with Gasteiger partial charge in [-0.2, -0.15) is 5.06 Å². The van der Waals surface area contributed by atoms with E-state index in [1.807, 2.05) is 0 Å². The minimum atomic E-state index is -0.628. The lowest BCUT2D eigenvalue weighted by Gasteiger charge is -2.59. The summed E-state index contributed by atoms with van der Waals surface area (Å²) >= 11 is 0. The molecule has 3 saturated carbocycles. The van der Waals surface area contributed by atoms with Crippen molar-refractivity contribution in [3.05, 3.63) is 21.8 Å². The fourth-order valence-electron chi connectivity index (χ4n) is 9.01. The van der Waals surface area contributed by atoms with Gasteiger partial charge in [0, 0.05) is 5.92 Å². The average molecular weight is 449 g/mol. The Bertz CT molecular complexity index is 829. The van der Waals surface area contributed by atoms with Gasteiger partial charge in [0.1, 0.15) is 11.8 Å². The Hall–Kier alpha value is -1.18. The van der Waals surface area contributed by atoms with Crippen LogP contribution in [0.5, 0.6) is 0 Å². The zero-order chi connectivity index (χ0) is 23.1. The molecule has 0 radical (unpaired) electrons. The van der Waals surface area contributed by atoms with E-state index in [2.05, 4.69) is 40.7 Å². The first-order chi connectivity index (χ1) is 14.9. The van der Waals surface area contributed by atoms with Crippen molar-refractivity contribution in [2.45, 2.75) is 103 Å². The van der Waals surface area contributed by atoms with Crippen LogP contribution in [0, 0.1) is 44.6 Å². The molecule has 1 saturated heterocycles. The van der Waals surface area contributed by atoms with Crippen molar-refractivity contribution in [2.24, 2.45) is 34.5 Å². The topological polar surface area (TPSA) is 85.1 Å². The molecule has 5 rings (SSSR count). The van der Waals surface area contributed by atoms with Crippen LogP contribution in [0.4, 0.5) is 0 Å². The molecule has 1 N–H and O–H groups in total. The second kappa shape index (κ2) is 7.16. The number of hydrogen-bond donors (Lipinski definition) is 1. The van der Waals surface area contributed by atoms with Gasteiger partial charge in [-0.25, -0.2) is 0 Å². The Morgan fingerprint density at radius 1 is 1.12 bits per heavy atom. The smallest absolute Gasteiger partial charge is 0.294 e. The minimum absolute atomic E-state index is 0.136. The van der Waals surface area contributed by atoms with E-state index in [0.717, 1.165) is 32.1 Å². The second-order valence-corrected chi connectivity index (χ2v) is 12.6. The molecule has 8 unspecified atom stereocenters. The highest BCUT2D eigenvalue weighted by Crippen LogP contribution is 2.68. The first-order valence-electron chi connectivity index (χ1n) is 12.6. The molecule has 8 atom stereocenters. The van der Waals surface area contributed by atoms with Crippen LogP contribution in [0.15, 0.2) is 11.6 Å². The van der Waals surface area contributed by atoms with Crippen LogP contribution in [0.2, 0.25) is 0 Å². The second-order valence-electron chi connectivity index (χ2n) is 12.6. The quantitative estimate of drug-likeness (QED) is 0.355. The number of hydrogen-bond acceptors (Lipinski definition) is 6. The molecule has 0 aromatic heterocycles. The van der Waals surface area contributed by atoms with Crippen molar-refractivity contribution in [2.75, 3.05) is 6.61 Å². The Morgan fingerprint density at radius 3 is 2.53 bits per heavy atom. The van der Waals surface area contributed by atoms with Gasteiger partial charge in [-0.1, -0.05) is 25.5 Å². The molecule has 0 amide bonds. The highest BCUT2D eigenvalue weighted by molar-refractivity contribution is 5.25. The summed E-state index contributed by atoms with van der Waals surface area (Å²) in [5, 5.41) is 22.8. The van der Waals surface area contributed by atoms with Gasteiger partial charge >= 0.3 is 0 Å². The minimum Gasteiger partial charge on any atom is -0.356 e. The van der Waals surface area contributed by atoms with Crippen LogP contribution in [0.25, 0.3) is 0 Å². The lowest BCUT2D eigenvalue weighted by Crippen LogP contribution is -2.58. The molecule has 0 bridgehead atoms. The van der Waals surface area contributed by atoms with Crippen molar-refractivity contribution in [1.29, 1.82) is 0 Å². The fraction of sp³-hybridized carbons (Fsp3) is 0.920. The Morgan fingerprint density at radius 2 is 1.88 bits per heavy atom. The molecule has 32 heavy (non-hydrogen) atoms. The van der Waals surface area contributed by atoms with Gasteiger partial charge in [0.15, 0.2) is 0 Å². The maximum Gasteiger partial charge on any atom is 0.294 e. The van der Waals surface area contributed by atoms with Gasteiger partial charge < -0.3 is 14.8 Å². The summed E-state index contributed by atoms with van der Waals surface area (Å²) < 4.78 is 6.35. The molecule has 7 nitrogen and oxygen atoms in total. The zero-order valence-electron chi connectivity index (χ0n) is 20.3. The number of hydroxylamine groups is 2. The third-order valence-corrected chi connectivity index (χ3v) is 10.7. The molecule has 0 aromatic rings. The fourth-order valence-corrected chi connectivity index (χ4v) is 9.01. The van der Waals surface area contributed by atoms with Crippen molar-refractivity contribution >= 4 is 0 Å². The van der Waals surface area contributed by atoms with Gasteiger partial charge in [-0.15, -0.1) is 10.1 Å². The first-order valence-corrected chi connectivity index (χ1v) is 12.6. The molecule has 4 aliphatic carbocycles. The summed E-state index contributed by atoms with van der Waals surface area (Å²) in [5.74, 6) is 2.22. The maximum absolute atomic E-state index is 11.1. The van der Waals surface area contributed by atoms with Crippen LogP contribution in [-0.4, -0.2) is 39.3 Å². The molecule has 4 fully saturated rings. The van der Waals surface area contributed by atoms with E-state index in [1.54, 1.807) is 0 Å². The molecule has 7 heteroatoms. The summed E-state index contributed by atoms with van der Waals surface area (Å²) in [5.41, 5.74) is 0.699. The van der Waals surface area contributed by atoms with E-state index in [-0.39, 0.29) is 22.5 Å². The summed E-state index contributed by atoms with van der Waals surface area (Å²) in [6, 6.07) is 0. The predicted molar refractivity (Wildman–Crippen MR) is 119 cm³/mol. The van der Waals surface area contributed by atoms with E-state index in [4.69, 9.17) is 9.57 Å². The van der Waals surface area contributed by atoms with Crippen molar-refractivity contribution < 1.29 is 19.9 Å². The average Bonchev–Trinajstić information content (AvgIpc) is 3.18. The maximum atomic E-state index is 11.1. The molecule has 1 heterocycles. The summed E-state index contributed by atoms with van der Waals surface area (Å²) in [4.78, 5) is 15.8. The molecule has 0 aromatic carbocycles. The standard InChI is InChI=1S/C25H40N2O5/c1-22(2)15-31-25(5,26(22)28)21-9-8-19-18-7-6-16-14-17(32-27(29)30)10-12-23(16,3)20(18)11-13-24(19,21)4/h6,17-21,28H,7-15H2,1-5H3. The van der Waals surface area contributed by atoms with E-state index < -0.39 is 10.8 Å². The number of rotatable bonds is 3. The van der Waals surface area contributed by atoms with Crippen molar-refractivity contribution in [3.63, 3.8) is 0 Å². The lowest BCUT2D eigenvalue weighted by molar-refractivity contribution is -0.769. The van der Waals surface area contributed by atoms with Crippen molar-refractivity contribution in [3.8, 4) is 0 Å². The summed E-state index contributed by atoms with van der Waals surface area (Å²) in [6.07, 6.45) is 10.3. The largest absolute Gasteiger partial charge is 0.356 e. The predicted octanol–water partition coefficient (Wildman–Crippen LogP) is 5.36. The van der Waals surface area contributed by atoms with E-state index in [1.165, 1.54) is 23.5 Å². The van der Waals surface area contributed by atoms with Crippen molar-refractivity contribution in [1.82, 2.24) is 5.06 Å². The monoisotopic (exact) mass is 448 g/mol. The third kappa shape index (κ3) is 3.03. The van der Waals surface area contributed by atoms with Crippen LogP contribution in [0.1, 0.15) is 86.0 Å². The number of ether oxygens (including phenoxy) is 1. The first kappa shape index (κ1) is 22.6. The Balaban J connectivity index is 1.40. The highest BCUT2D eigenvalue weighted by Gasteiger charge is 2.65. The summed E-state index contributed by atoms with van der Waals surface area (Å²) in [6.45, 7) is 11.6. The van der Waals surface area contributed by atoms with Crippen LogP contribution >= 0.6 is 0 Å². The molecular formula is C25H40N2O5. The van der Waals surface area contributed by atoms with Gasteiger partial charge in [-0.05, 0) is 101 Å². The zero-order valence-corrected chi connectivity index (χ0v) is 20.3.